The molecule has 0 aliphatic carbocycles. The van der Waals surface area contributed by atoms with Gasteiger partial charge in [-0.25, -0.2) is 0 Å². The standard InChI is InChI=1S/C14H17BrF3NO/c1-9-7-19(8-10(2)20-9)13-4-3-11(6-15)5-12(13)14(16,17)18/h3-5,9-10H,6-8H2,1-2H3. The first-order chi connectivity index (χ1) is 9.31. The third kappa shape index (κ3) is 3.47. The van der Waals surface area contributed by atoms with Gasteiger partial charge in [0.25, 0.3) is 0 Å². The van der Waals surface area contributed by atoms with Crippen LogP contribution in [0.4, 0.5) is 18.9 Å². The zero-order valence-electron chi connectivity index (χ0n) is 11.4. The lowest BCUT2D eigenvalue weighted by molar-refractivity contribution is -0.137. The van der Waals surface area contributed by atoms with Gasteiger partial charge in [-0.1, -0.05) is 22.0 Å². The molecule has 2 nitrogen and oxygen atoms in total. The van der Waals surface area contributed by atoms with Crippen LogP contribution in [0.1, 0.15) is 25.0 Å². The first kappa shape index (κ1) is 15.6. The summed E-state index contributed by atoms with van der Waals surface area (Å²) < 4.78 is 45.3. The number of anilines is 1. The van der Waals surface area contributed by atoms with Crippen LogP contribution in [0.15, 0.2) is 18.2 Å². The Balaban J connectivity index is 2.40. The molecular weight excluding hydrogens is 335 g/mol. The lowest BCUT2D eigenvalue weighted by Crippen LogP contribution is -2.46. The minimum absolute atomic E-state index is 0.0734. The predicted octanol–water partition coefficient (Wildman–Crippen LogP) is 4.21. The fourth-order valence-electron chi connectivity index (χ4n) is 2.54. The van der Waals surface area contributed by atoms with Gasteiger partial charge in [0.15, 0.2) is 0 Å². The Morgan fingerprint density at radius 3 is 2.35 bits per heavy atom. The topological polar surface area (TPSA) is 12.5 Å². The average Bonchev–Trinajstić information content (AvgIpc) is 2.35. The van der Waals surface area contributed by atoms with Gasteiger partial charge in [0.05, 0.1) is 17.8 Å². The first-order valence-electron chi connectivity index (χ1n) is 6.47. The molecule has 1 aliphatic rings. The molecule has 1 aromatic rings. The predicted molar refractivity (Wildman–Crippen MR) is 76.3 cm³/mol. The Morgan fingerprint density at radius 1 is 1.25 bits per heavy atom. The van der Waals surface area contributed by atoms with Crippen LogP contribution in [0, 0.1) is 0 Å². The van der Waals surface area contributed by atoms with E-state index in [2.05, 4.69) is 15.9 Å². The smallest absolute Gasteiger partial charge is 0.372 e. The number of benzene rings is 1. The monoisotopic (exact) mass is 351 g/mol. The van der Waals surface area contributed by atoms with Crippen LogP contribution in [0.2, 0.25) is 0 Å². The molecule has 0 radical (unpaired) electrons. The van der Waals surface area contributed by atoms with Gasteiger partial charge in [0.1, 0.15) is 0 Å². The van der Waals surface area contributed by atoms with E-state index in [4.69, 9.17) is 4.74 Å². The molecule has 112 valence electrons. The van der Waals surface area contributed by atoms with Crippen LogP contribution >= 0.6 is 15.9 Å². The van der Waals surface area contributed by atoms with E-state index in [1.165, 1.54) is 6.07 Å². The van der Waals surface area contributed by atoms with Crippen molar-refractivity contribution in [3.05, 3.63) is 29.3 Å². The van der Waals surface area contributed by atoms with E-state index < -0.39 is 11.7 Å². The fraction of sp³-hybridized carbons (Fsp3) is 0.571. The maximum Gasteiger partial charge on any atom is 0.418 e. The summed E-state index contributed by atoms with van der Waals surface area (Å²) >= 11 is 3.20. The number of rotatable bonds is 2. The van der Waals surface area contributed by atoms with E-state index in [1.807, 2.05) is 13.8 Å². The molecule has 1 aliphatic heterocycles. The van der Waals surface area contributed by atoms with E-state index in [0.717, 1.165) is 0 Å². The van der Waals surface area contributed by atoms with Gasteiger partial charge in [0.2, 0.25) is 0 Å². The Kier molecular flexibility index (Phi) is 4.64. The summed E-state index contributed by atoms with van der Waals surface area (Å²) in [5.41, 5.74) is 0.287. The van der Waals surface area contributed by atoms with Crippen molar-refractivity contribution in [2.24, 2.45) is 0 Å². The molecule has 1 fully saturated rings. The molecule has 6 heteroatoms. The fourth-order valence-corrected chi connectivity index (χ4v) is 2.89. The van der Waals surface area contributed by atoms with Crippen LogP contribution in [0.25, 0.3) is 0 Å². The van der Waals surface area contributed by atoms with Gasteiger partial charge in [-0.05, 0) is 31.5 Å². The summed E-state index contributed by atoms with van der Waals surface area (Å²) in [6.45, 7) is 4.70. The maximum absolute atomic E-state index is 13.2. The second-order valence-electron chi connectivity index (χ2n) is 5.15. The number of nitrogens with zero attached hydrogens (tertiary/aromatic N) is 1. The van der Waals surface area contributed by atoms with Crippen molar-refractivity contribution in [1.29, 1.82) is 0 Å². The molecule has 1 saturated heterocycles. The molecule has 0 amide bonds. The van der Waals surface area contributed by atoms with Crippen molar-refractivity contribution >= 4 is 21.6 Å². The van der Waals surface area contributed by atoms with Gasteiger partial charge >= 0.3 is 6.18 Å². The third-order valence-corrected chi connectivity index (χ3v) is 3.93. The Bertz CT molecular complexity index is 468. The highest BCUT2D eigenvalue weighted by atomic mass is 79.9. The summed E-state index contributed by atoms with van der Waals surface area (Å²) in [7, 11) is 0. The molecule has 20 heavy (non-hydrogen) atoms. The van der Waals surface area contributed by atoms with Gasteiger partial charge in [-0.3, -0.25) is 0 Å². The quantitative estimate of drug-likeness (QED) is 0.740. The molecule has 2 rings (SSSR count). The van der Waals surface area contributed by atoms with E-state index in [9.17, 15) is 13.2 Å². The molecule has 0 N–H and O–H groups in total. The minimum Gasteiger partial charge on any atom is -0.372 e. The highest BCUT2D eigenvalue weighted by Crippen LogP contribution is 2.38. The highest BCUT2D eigenvalue weighted by Gasteiger charge is 2.36. The van der Waals surface area contributed by atoms with Gasteiger partial charge in [-0.15, -0.1) is 0 Å². The molecule has 1 heterocycles. The molecule has 1 aromatic carbocycles. The van der Waals surface area contributed by atoms with Crippen molar-refractivity contribution < 1.29 is 17.9 Å². The van der Waals surface area contributed by atoms with Crippen LogP contribution in [0.3, 0.4) is 0 Å². The summed E-state index contributed by atoms with van der Waals surface area (Å²) in [6, 6.07) is 4.50. The lowest BCUT2D eigenvalue weighted by atomic mass is 10.1. The number of alkyl halides is 4. The van der Waals surface area contributed by atoms with Crippen LogP contribution in [-0.2, 0) is 16.2 Å². The van der Waals surface area contributed by atoms with Crippen LogP contribution in [-0.4, -0.2) is 25.3 Å². The Morgan fingerprint density at radius 2 is 1.85 bits per heavy atom. The average molecular weight is 352 g/mol. The maximum atomic E-state index is 13.2. The molecule has 0 saturated carbocycles. The summed E-state index contributed by atoms with van der Waals surface area (Å²) in [5.74, 6) is 0. The molecule has 0 aromatic heterocycles. The van der Waals surface area contributed by atoms with Gasteiger partial charge in [-0.2, -0.15) is 13.2 Å². The van der Waals surface area contributed by atoms with Gasteiger partial charge in [0, 0.05) is 24.1 Å². The van der Waals surface area contributed by atoms with Gasteiger partial charge < -0.3 is 9.64 Å². The van der Waals surface area contributed by atoms with E-state index >= 15 is 0 Å². The summed E-state index contributed by atoms with van der Waals surface area (Å²) in [4.78, 5) is 1.76. The molecular formula is C14H17BrF3NO. The second kappa shape index (κ2) is 5.93. The van der Waals surface area contributed by atoms with Crippen molar-refractivity contribution in [3.63, 3.8) is 0 Å². The number of morpholine rings is 1. The summed E-state index contributed by atoms with van der Waals surface area (Å²) in [5, 5.41) is 0.409. The minimum atomic E-state index is -4.35. The van der Waals surface area contributed by atoms with Crippen LogP contribution in [0.5, 0.6) is 0 Å². The molecule has 0 bridgehead atoms. The third-order valence-electron chi connectivity index (χ3n) is 3.28. The molecule has 2 atom stereocenters. The first-order valence-corrected chi connectivity index (χ1v) is 7.60. The number of hydrogen-bond acceptors (Lipinski definition) is 2. The Labute approximate surface area is 125 Å². The van der Waals surface area contributed by atoms with E-state index in [0.29, 0.717) is 24.0 Å². The van der Waals surface area contributed by atoms with Crippen molar-refractivity contribution in [2.45, 2.75) is 37.6 Å². The molecule has 2 unspecified atom stereocenters. The normalized spacial score (nSPS) is 24.0. The lowest BCUT2D eigenvalue weighted by Gasteiger charge is -2.38. The highest BCUT2D eigenvalue weighted by molar-refractivity contribution is 9.08. The zero-order chi connectivity index (χ0) is 14.9. The zero-order valence-corrected chi connectivity index (χ0v) is 13.0. The summed E-state index contributed by atoms with van der Waals surface area (Å²) in [6.07, 6.45) is -4.50. The SMILES string of the molecule is CC1CN(c2ccc(CBr)cc2C(F)(F)F)CC(C)O1. The van der Waals surface area contributed by atoms with Crippen molar-refractivity contribution in [3.8, 4) is 0 Å². The number of halogens is 4. The molecule has 0 spiro atoms. The van der Waals surface area contributed by atoms with Crippen LogP contribution < -0.4 is 4.90 Å². The second-order valence-corrected chi connectivity index (χ2v) is 5.71. The Hall–Kier alpha value is -0.750. The van der Waals surface area contributed by atoms with Crippen molar-refractivity contribution in [2.75, 3.05) is 18.0 Å². The van der Waals surface area contributed by atoms with E-state index in [1.54, 1.807) is 17.0 Å². The van der Waals surface area contributed by atoms with Crippen molar-refractivity contribution in [1.82, 2.24) is 0 Å². The number of hydrogen-bond donors (Lipinski definition) is 0. The largest absolute Gasteiger partial charge is 0.418 e. The van der Waals surface area contributed by atoms with E-state index in [-0.39, 0.29) is 17.9 Å². The number of ether oxygens (including phenoxy) is 1.